The summed E-state index contributed by atoms with van der Waals surface area (Å²) in [7, 11) is 0. The van der Waals surface area contributed by atoms with E-state index in [1.165, 1.54) is 11.1 Å². The molecule has 0 radical (unpaired) electrons. The standard InChI is InChI=1S/C21H23ClO2/c22-19-8-6-16(7-9-19)21(24)12-11-20(23)10-5-15-13-17-3-1-2-4-18(17)14-15/h1-4,6-9,15,20,23H,5,10-14H2/t20-/m0/s1. The molecule has 2 nitrogen and oxygen atoms in total. The lowest BCUT2D eigenvalue weighted by molar-refractivity contribution is 0.0927. The van der Waals surface area contributed by atoms with Crippen LogP contribution in [0.15, 0.2) is 48.5 Å². The fraction of sp³-hybridized carbons (Fsp3) is 0.381. The normalized spacial score (nSPS) is 15.2. The molecule has 1 atom stereocenters. The van der Waals surface area contributed by atoms with Gasteiger partial charge in [0.25, 0.3) is 0 Å². The molecule has 2 aromatic rings. The summed E-state index contributed by atoms with van der Waals surface area (Å²) in [6.45, 7) is 0. The summed E-state index contributed by atoms with van der Waals surface area (Å²) < 4.78 is 0. The summed E-state index contributed by atoms with van der Waals surface area (Å²) in [4.78, 5) is 12.1. The third-order valence-corrected chi connectivity index (χ3v) is 5.17. The molecule has 0 spiro atoms. The summed E-state index contributed by atoms with van der Waals surface area (Å²) in [5, 5.41) is 10.8. The van der Waals surface area contributed by atoms with E-state index in [2.05, 4.69) is 24.3 Å². The van der Waals surface area contributed by atoms with Crippen molar-refractivity contribution in [2.24, 2.45) is 5.92 Å². The fourth-order valence-corrected chi connectivity index (χ4v) is 3.63. The van der Waals surface area contributed by atoms with Crippen LogP contribution in [0.1, 0.15) is 47.2 Å². The Bertz CT molecular complexity index is 668. The minimum absolute atomic E-state index is 0.0685. The average Bonchev–Trinajstić information content (AvgIpc) is 3.01. The molecule has 0 fully saturated rings. The van der Waals surface area contributed by atoms with Gasteiger partial charge in [0, 0.05) is 17.0 Å². The third kappa shape index (κ3) is 4.46. The van der Waals surface area contributed by atoms with Gasteiger partial charge in [-0.15, -0.1) is 0 Å². The van der Waals surface area contributed by atoms with Crippen LogP contribution in [-0.2, 0) is 12.8 Å². The van der Waals surface area contributed by atoms with Gasteiger partial charge in [-0.05, 0) is 73.4 Å². The zero-order valence-corrected chi connectivity index (χ0v) is 14.5. The molecule has 0 heterocycles. The van der Waals surface area contributed by atoms with Crippen molar-refractivity contribution >= 4 is 17.4 Å². The van der Waals surface area contributed by atoms with Crippen molar-refractivity contribution in [1.82, 2.24) is 0 Å². The summed E-state index contributed by atoms with van der Waals surface area (Å²) in [5.74, 6) is 0.697. The highest BCUT2D eigenvalue weighted by Crippen LogP contribution is 2.30. The van der Waals surface area contributed by atoms with E-state index in [0.717, 1.165) is 25.7 Å². The second-order valence-corrected chi connectivity index (χ2v) is 7.18. The first kappa shape index (κ1) is 17.2. The minimum Gasteiger partial charge on any atom is -0.393 e. The van der Waals surface area contributed by atoms with Crippen molar-refractivity contribution < 1.29 is 9.90 Å². The summed E-state index contributed by atoms with van der Waals surface area (Å²) in [5.41, 5.74) is 3.57. The van der Waals surface area contributed by atoms with Crippen molar-refractivity contribution in [2.75, 3.05) is 0 Å². The lowest BCUT2D eigenvalue weighted by atomic mass is 9.95. The maximum Gasteiger partial charge on any atom is 0.162 e. The van der Waals surface area contributed by atoms with Gasteiger partial charge in [-0.1, -0.05) is 35.9 Å². The number of hydrogen-bond acceptors (Lipinski definition) is 2. The SMILES string of the molecule is O=C(CC[C@@H](O)CCC1Cc2ccccc2C1)c1ccc(Cl)cc1. The summed E-state index contributed by atoms with van der Waals surface area (Å²) in [6.07, 6.45) is 4.54. The van der Waals surface area contributed by atoms with Crippen LogP contribution in [0, 0.1) is 5.92 Å². The molecule has 0 saturated carbocycles. The number of carbonyl (C=O) groups is 1. The molecule has 0 aromatic heterocycles. The van der Waals surface area contributed by atoms with E-state index in [-0.39, 0.29) is 5.78 Å². The first-order valence-corrected chi connectivity index (χ1v) is 9.03. The molecule has 3 rings (SSSR count). The fourth-order valence-electron chi connectivity index (χ4n) is 3.50. The predicted molar refractivity (Wildman–Crippen MR) is 97.6 cm³/mol. The molecule has 1 aliphatic rings. The Morgan fingerprint density at radius 2 is 1.67 bits per heavy atom. The quantitative estimate of drug-likeness (QED) is 0.730. The van der Waals surface area contributed by atoms with Crippen molar-refractivity contribution in [1.29, 1.82) is 0 Å². The van der Waals surface area contributed by atoms with Gasteiger partial charge >= 0.3 is 0 Å². The first-order chi connectivity index (χ1) is 11.6. The van der Waals surface area contributed by atoms with Crippen LogP contribution in [0.3, 0.4) is 0 Å². The van der Waals surface area contributed by atoms with E-state index in [4.69, 9.17) is 11.6 Å². The van der Waals surface area contributed by atoms with Gasteiger partial charge in [0.1, 0.15) is 0 Å². The monoisotopic (exact) mass is 342 g/mol. The molecule has 1 aliphatic carbocycles. The van der Waals surface area contributed by atoms with Gasteiger partial charge < -0.3 is 5.11 Å². The van der Waals surface area contributed by atoms with Crippen LogP contribution in [0.5, 0.6) is 0 Å². The largest absolute Gasteiger partial charge is 0.393 e. The van der Waals surface area contributed by atoms with Crippen molar-refractivity contribution in [3.63, 3.8) is 0 Å². The Kier molecular flexibility index (Phi) is 5.70. The van der Waals surface area contributed by atoms with Crippen LogP contribution in [0.2, 0.25) is 5.02 Å². The smallest absolute Gasteiger partial charge is 0.162 e. The molecule has 0 aliphatic heterocycles. The minimum atomic E-state index is -0.398. The highest BCUT2D eigenvalue weighted by Gasteiger charge is 2.21. The second kappa shape index (κ2) is 7.96. The maximum absolute atomic E-state index is 12.1. The number of benzene rings is 2. The Balaban J connectivity index is 1.40. The summed E-state index contributed by atoms with van der Waals surface area (Å²) >= 11 is 5.83. The Morgan fingerprint density at radius 3 is 2.29 bits per heavy atom. The molecule has 1 N–H and O–H groups in total. The molecule has 126 valence electrons. The van der Waals surface area contributed by atoms with E-state index < -0.39 is 6.10 Å². The van der Waals surface area contributed by atoms with Crippen molar-refractivity contribution in [2.45, 2.75) is 44.6 Å². The van der Waals surface area contributed by atoms with Crippen molar-refractivity contribution in [3.05, 3.63) is 70.2 Å². The maximum atomic E-state index is 12.1. The number of hydrogen-bond donors (Lipinski definition) is 1. The van der Waals surface area contributed by atoms with Gasteiger partial charge in [-0.25, -0.2) is 0 Å². The van der Waals surface area contributed by atoms with Gasteiger partial charge in [0.2, 0.25) is 0 Å². The number of rotatable bonds is 7. The molecule has 0 bridgehead atoms. The lowest BCUT2D eigenvalue weighted by Crippen LogP contribution is -2.12. The predicted octanol–water partition coefficient (Wildman–Crippen LogP) is 4.86. The van der Waals surface area contributed by atoms with E-state index in [9.17, 15) is 9.90 Å². The molecule has 0 saturated heterocycles. The number of carbonyl (C=O) groups excluding carboxylic acids is 1. The molecule has 0 unspecified atom stereocenters. The van der Waals surface area contributed by atoms with Crippen LogP contribution >= 0.6 is 11.6 Å². The Morgan fingerprint density at radius 1 is 1.04 bits per heavy atom. The van der Waals surface area contributed by atoms with Gasteiger partial charge in [0.05, 0.1) is 6.10 Å². The lowest BCUT2D eigenvalue weighted by Gasteiger charge is -2.13. The number of Topliss-reactive ketones (excluding diaryl/α,β-unsaturated/α-hetero) is 1. The van der Waals surface area contributed by atoms with Gasteiger partial charge in [-0.3, -0.25) is 4.79 Å². The third-order valence-electron chi connectivity index (χ3n) is 4.91. The number of aliphatic hydroxyl groups is 1. The van der Waals surface area contributed by atoms with E-state index in [1.807, 2.05) is 0 Å². The highest BCUT2D eigenvalue weighted by atomic mass is 35.5. The van der Waals surface area contributed by atoms with Crippen LogP contribution < -0.4 is 0 Å². The zero-order valence-electron chi connectivity index (χ0n) is 13.7. The number of fused-ring (bicyclic) bond motifs is 1. The number of aliphatic hydroxyl groups excluding tert-OH is 1. The second-order valence-electron chi connectivity index (χ2n) is 6.74. The van der Waals surface area contributed by atoms with E-state index >= 15 is 0 Å². The van der Waals surface area contributed by atoms with Crippen LogP contribution in [0.25, 0.3) is 0 Å². The Hall–Kier alpha value is -1.64. The molecule has 2 aromatic carbocycles. The summed E-state index contributed by atoms with van der Waals surface area (Å²) in [6, 6.07) is 15.5. The number of halogens is 1. The van der Waals surface area contributed by atoms with Gasteiger partial charge in [0.15, 0.2) is 5.78 Å². The van der Waals surface area contributed by atoms with E-state index in [0.29, 0.717) is 29.3 Å². The van der Waals surface area contributed by atoms with Crippen LogP contribution in [0.4, 0.5) is 0 Å². The zero-order chi connectivity index (χ0) is 16.9. The van der Waals surface area contributed by atoms with Crippen LogP contribution in [-0.4, -0.2) is 17.0 Å². The highest BCUT2D eigenvalue weighted by molar-refractivity contribution is 6.30. The molecular weight excluding hydrogens is 320 g/mol. The van der Waals surface area contributed by atoms with E-state index in [1.54, 1.807) is 24.3 Å². The molecule has 3 heteroatoms. The molecular formula is C21H23ClO2. The van der Waals surface area contributed by atoms with Crippen molar-refractivity contribution in [3.8, 4) is 0 Å². The van der Waals surface area contributed by atoms with Gasteiger partial charge in [-0.2, -0.15) is 0 Å². The molecule has 0 amide bonds. The number of ketones is 1. The topological polar surface area (TPSA) is 37.3 Å². The Labute approximate surface area is 148 Å². The first-order valence-electron chi connectivity index (χ1n) is 8.65. The molecule has 24 heavy (non-hydrogen) atoms. The average molecular weight is 343 g/mol.